The first-order valence-corrected chi connectivity index (χ1v) is 6.56. The molecule has 1 aliphatic rings. The molecule has 0 amide bonds. The number of methoxy groups -OCH3 is 1. The second-order valence-corrected chi connectivity index (χ2v) is 4.64. The summed E-state index contributed by atoms with van der Waals surface area (Å²) in [6, 6.07) is 7.55. The van der Waals surface area contributed by atoms with Crippen molar-refractivity contribution in [3.63, 3.8) is 0 Å². The Morgan fingerprint density at radius 1 is 1.47 bits per heavy atom. The smallest absolute Gasteiger partial charge is 0.193 e. The fourth-order valence-corrected chi connectivity index (χ4v) is 1.65. The third-order valence-electron chi connectivity index (χ3n) is 2.91. The Kier molecular flexibility index (Phi) is 5.03. The normalized spacial score (nSPS) is 15.3. The highest BCUT2D eigenvalue weighted by atomic mass is 16.5. The van der Waals surface area contributed by atoms with E-state index in [1.807, 2.05) is 24.3 Å². The third-order valence-corrected chi connectivity index (χ3v) is 2.91. The Balaban J connectivity index is 1.70. The second-order valence-electron chi connectivity index (χ2n) is 4.64. The van der Waals surface area contributed by atoms with Gasteiger partial charge in [-0.25, -0.2) is 0 Å². The Labute approximate surface area is 113 Å². The third kappa shape index (κ3) is 5.18. The number of nitrogens with two attached hydrogens (primary N) is 1. The maximum absolute atomic E-state index is 5.79. The highest BCUT2D eigenvalue weighted by Crippen LogP contribution is 2.28. The molecular formula is C14H21N3O2. The van der Waals surface area contributed by atoms with Crippen LogP contribution in [0.2, 0.25) is 0 Å². The molecule has 1 aliphatic carbocycles. The molecule has 2 rings (SSSR count). The molecule has 1 aromatic rings. The van der Waals surface area contributed by atoms with Gasteiger partial charge in [0.2, 0.25) is 0 Å². The highest BCUT2D eigenvalue weighted by Gasteiger charge is 2.20. The predicted octanol–water partition coefficient (Wildman–Crippen LogP) is 1.85. The lowest BCUT2D eigenvalue weighted by atomic mass is 10.3. The number of hydrogen-bond donors (Lipinski definition) is 2. The summed E-state index contributed by atoms with van der Waals surface area (Å²) in [5.74, 6) is 1.96. The second kappa shape index (κ2) is 6.99. The van der Waals surface area contributed by atoms with E-state index in [1.165, 1.54) is 12.8 Å². The fourth-order valence-electron chi connectivity index (χ4n) is 1.65. The molecule has 1 fully saturated rings. The first kappa shape index (κ1) is 13.7. The largest absolute Gasteiger partial charge is 0.497 e. The van der Waals surface area contributed by atoms with E-state index < -0.39 is 0 Å². The molecule has 19 heavy (non-hydrogen) atoms. The van der Waals surface area contributed by atoms with Crippen LogP contribution < -0.4 is 15.8 Å². The van der Waals surface area contributed by atoms with Crippen LogP contribution in [0.5, 0.6) is 5.75 Å². The molecule has 0 bridgehead atoms. The van der Waals surface area contributed by atoms with Gasteiger partial charge in [0, 0.05) is 18.4 Å². The van der Waals surface area contributed by atoms with Crippen molar-refractivity contribution in [2.75, 3.05) is 32.2 Å². The van der Waals surface area contributed by atoms with Crippen LogP contribution in [0.25, 0.3) is 0 Å². The molecule has 104 valence electrons. The minimum absolute atomic E-state index is 0.392. The zero-order valence-corrected chi connectivity index (χ0v) is 11.3. The van der Waals surface area contributed by atoms with E-state index in [-0.39, 0.29) is 0 Å². The van der Waals surface area contributed by atoms with Gasteiger partial charge in [-0.1, -0.05) is 6.07 Å². The summed E-state index contributed by atoms with van der Waals surface area (Å²) in [6.45, 7) is 2.06. The Morgan fingerprint density at radius 3 is 3.05 bits per heavy atom. The monoisotopic (exact) mass is 263 g/mol. The molecule has 0 aliphatic heterocycles. The molecule has 5 nitrogen and oxygen atoms in total. The Bertz CT molecular complexity index is 430. The van der Waals surface area contributed by atoms with E-state index in [1.54, 1.807) is 7.11 Å². The number of aliphatic imine (C=N–C) groups is 1. The minimum Gasteiger partial charge on any atom is -0.497 e. The molecular weight excluding hydrogens is 242 g/mol. The summed E-state index contributed by atoms with van der Waals surface area (Å²) in [4.78, 5) is 4.21. The van der Waals surface area contributed by atoms with Crippen LogP contribution in [0.4, 0.5) is 5.69 Å². The van der Waals surface area contributed by atoms with E-state index >= 15 is 0 Å². The quantitative estimate of drug-likeness (QED) is 0.447. The molecule has 3 N–H and O–H groups in total. The molecule has 0 radical (unpaired) electrons. The van der Waals surface area contributed by atoms with Gasteiger partial charge in [-0.05, 0) is 30.9 Å². The van der Waals surface area contributed by atoms with E-state index in [0.717, 1.165) is 24.0 Å². The number of nitrogens with zero attached hydrogens (tertiary/aromatic N) is 1. The van der Waals surface area contributed by atoms with Crippen molar-refractivity contribution in [1.29, 1.82) is 0 Å². The molecule has 0 saturated heterocycles. The zero-order chi connectivity index (χ0) is 13.5. The first-order chi connectivity index (χ1) is 9.28. The highest BCUT2D eigenvalue weighted by molar-refractivity contribution is 5.92. The number of hydrogen-bond acceptors (Lipinski definition) is 3. The van der Waals surface area contributed by atoms with Crippen LogP contribution in [-0.2, 0) is 4.74 Å². The van der Waals surface area contributed by atoms with Gasteiger partial charge >= 0.3 is 0 Å². The van der Waals surface area contributed by atoms with Gasteiger partial charge in [0.05, 0.1) is 20.3 Å². The van der Waals surface area contributed by atoms with Gasteiger partial charge in [0.25, 0.3) is 0 Å². The van der Waals surface area contributed by atoms with Crippen molar-refractivity contribution in [2.45, 2.75) is 12.8 Å². The van der Waals surface area contributed by atoms with Gasteiger partial charge in [-0.3, -0.25) is 4.99 Å². The van der Waals surface area contributed by atoms with E-state index in [2.05, 4.69) is 10.3 Å². The van der Waals surface area contributed by atoms with Crippen LogP contribution in [0, 0.1) is 5.92 Å². The number of nitrogens with one attached hydrogen (secondary N) is 1. The molecule has 0 heterocycles. The minimum atomic E-state index is 0.392. The molecule has 0 aromatic heterocycles. The van der Waals surface area contributed by atoms with Gasteiger partial charge in [0.1, 0.15) is 5.75 Å². The average Bonchev–Trinajstić information content (AvgIpc) is 3.22. The van der Waals surface area contributed by atoms with Crippen LogP contribution >= 0.6 is 0 Å². The number of benzene rings is 1. The standard InChI is InChI=1S/C14H21N3O2/c1-18-13-4-2-3-12(9-13)17-14(15)16-7-8-19-10-11-5-6-11/h2-4,9,11H,5-8,10H2,1H3,(H3,15,16,17). The van der Waals surface area contributed by atoms with Gasteiger partial charge < -0.3 is 20.5 Å². The molecule has 0 spiro atoms. The number of guanidine groups is 1. The van der Waals surface area contributed by atoms with E-state index in [4.69, 9.17) is 15.2 Å². The van der Waals surface area contributed by atoms with Crippen LogP contribution in [-0.4, -0.2) is 32.8 Å². The van der Waals surface area contributed by atoms with Gasteiger partial charge in [-0.2, -0.15) is 0 Å². The predicted molar refractivity (Wildman–Crippen MR) is 76.6 cm³/mol. The lowest BCUT2D eigenvalue weighted by Crippen LogP contribution is -2.23. The first-order valence-electron chi connectivity index (χ1n) is 6.56. The summed E-state index contributed by atoms with van der Waals surface area (Å²) in [6.07, 6.45) is 2.62. The number of ether oxygens (including phenoxy) is 2. The van der Waals surface area contributed by atoms with Crippen molar-refractivity contribution >= 4 is 11.6 Å². The van der Waals surface area contributed by atoms with Crippen molar-refractivity contribution in [1.82, 2.24) is 0 Å². The van der Waals surface area contributed by atoms with E-state index in [9.17, 15) is 0 Å². The Morgan fingerprint density at radius 2 is 2.32 bits per heavy atom. The summed E-state index contributed by atoms with van der Waals surface area (Å²) in [5.41, 5.74) is 6.65. The summed E-state index contributed by atoms with van der Waals surface area (Å²) in [5, 5.41) is 3.02. The number of anilines is 1. The van der Waals surface area contributed by atoms with Crippen molar-refractivity contribution < 1.29 is 9.47 Å². The molecule has 0 unspecified atom stereocenters. The SMILES string of the molecule is COc1cccc(NC(N)=NCCOCC2CC2)c1. The lowest BCUT2D eigenvalue weighted by molar-refractivity contribution is 0.132. The van der Waals surface area contributed by atoms with Crippen molar-refractivity contribution in [3.05, 3.63) is 24.3 Å². The van der Waals surface area contributed by atoms with Gasteiger partial charge in [0.15, 0.2) is 5.96 Å². The van der Waals surface area contributed by atoms with Crippen LogP contribution in [0.1, 0.15) is 12.8 Å². The topological polar surface area (TPSA) is 68.9 Å². The molecule has 1 saturated carbocycles. The van der Waals surface area contributed by atoms with Crippen molar-refractivity contribution in [3.8, 4) is 5.75 Å². The maximum atomic E-state index is 5.79. The average molecular weight is 263 g/mol. The van der Waals surface area contributed by atoms with Crippen molar-refractivity contribution in [2.24, 2.45) is 16.6 Å². The van der Waals surface area contributed by atoms with Gasteiger partial charge in [-0.15, -0.1) is 0 Å². The summed E-state index contributed by atoms with van der Waals surface area (Å²) < 4.78 is 10.6. The van der Waals surface area contributed by atoms with Crippen LogP contribution in [0.15, 0.2) is 29.3 Å². The van der Waals surface area contributed by atoms with E-state index in [0.29, 0.717) is 19.1 Å². The zero-order valence-electron chi connectivity index (χ0n) is 11.3. The van der Waals surface area contributed by atoms with Crippen LogP contribution in [0.3, 0.4) is 0 Å². The fraction of sp³-hybridized carbons (Fsp3) is 0.500. The lowest BCUT2D eigenvalue weighted by Gasteiger charge is -2.07. The molecule has 0 atom stereocenters. The Hall–Kier alpha value is -1.75. The molecule has 5 heteroatoms. The summed E-state index contributed by atoms with van der Waals surface area (Å²) >= 11 is 0. The molecule has 1 aromatic carbocycles. The number of rotatable bonds is 7. The maximum Gasteiger partial charge on any atom is 0.193 e. The summed E-state index contributed by atoms with van der Waals surface area (Å²) in [7, 11) is 1.63.